The fourth-order valence-electron chi connectivity index (χ4n) is 3.28. The molecule has 0 spiro atoms. The number of thioether (sulfide) groups is 1. The molecule has 0 bridgehead atoms. The first kappa shape index (κ1) is 18.5. The van der Waals surface area contributed by atoms with E-state index in [1.165, 1.54) is 7.11 Å². The molecule has 1 fully saturated rings. The van der Waals surface area contributed by atoms with Crippen LogP contribution in [0.5, 0.6) is 17.2 Å². The van der Waals surface area contributed by atoms with Gasteiger partial charge in [-0.05, 0) is 36.2 Å². The van der Waals surface area contributed by atoms with Gasteiger partial charge in [0, 0.05) is 30.2 Å². The maximum atomic E-state index is 13.0. The average molecular weight is 408 g/mol. The number of methoxy groups -OCH3 is 1. The molecule has 2 heterocycles. The monoisotopic (exact) mass is 407 g/mol. The van der Waals surface area contributed by atoms with E-state index in [0.717, 1.165) is 29.2 Å². The van der Waals surface area contributed by atoms with Crippen molar-refractivity contribution in [2.24, 2.45) is 0 Å². The lowest BCUT2D eigenvalue weighted by Gasteiger charge is -2.20. The molecule has 0 N–H and O–H groups in total. The Bertz CT molecular complexity index is 931. The molecule has 6 nitrogen and oxygen atoms in total. The molecule has 144 valence electrons. The van der Waals surface area contributed by atoms with E-state index in [2.05, 4.69) is 0 Å². The van der Waals surface area contributed by atoms with Crippen molar-refractivity contribution in [2.45, 2.75) is 16.6 Å². The largest absolute Gasteiger partial charge is 0.497 e. The van der Waals surface area contributed by atoms with Gasteiger partial charge in [0.25, 0.3) is 0 Å². The highest BCUT2D eigenvalue weighted by Gasteiger charge is 2.29. The summed E-state index contributed by atoms with van der Waals surface area (Å²) >= 11 is 1.78. The predicted octanol–water partition coefficient (Wildman–Crippen LogP) is 3.29. The Morgan fingerprint density at radius 3 is 2.81 bits per heavy atom. The zero-order chi connectivity index (χ0) is 18.9. The summed E-state index contributed by atoms with van der Waals surface area (Å²) < 4.78 is 43.6. The first-order valence-electron chi connectivity index (χ1n) is 8.73. The Morgan fingerprint density at radius 2 is 1.96 bits per heavy atom. The molecule has 1 saturated heterocycles. The van der Waals surface area contributed by atoms with Crippen molar-refractivity contribution in [1.82, 2.24) is 4.31 Å². The highest BCUT2D eigenvalue weighted by atomic mass is 32.2. The summed E-state index contributed by atoms with van der Waals surface area (Å²) in [6.07, 6.45) is 0.744. The van der Waals surface area contributed by atoms with Crippen LogP contribution < -0.4 is 14.2 Å². The van der Waals surface area contributed by atoms with Crippen LogP contribution in [0.25, 0.3) is 0 Å². The number of hydrogen-bond donors (Lipinski definition) is 0. The predicted molar refractivity (Wildman–Crippen MR) is 104 cm³/mol. The third-order valence-electron chi connectivity index (χ3n) is 4.75. The van der Waals surface area contributed by atoms with Crippen LogP contribution in [-0.4, -0.2) is 45.5 Å². The maximum absolute atomic E-state index is 13.0. The average Bonchev–Trinajstić information content (AvgIpc) is 3.01. The van der Waals surface area contributed by atoms with Crippen molar-refractivity contribution in [3.05, 3.63) is 48.0 Å². The highest BCUT2D eigenvalue weighted by Crippen LogP contribution is 2.40. The fraction of sp³-hybridized carbons (Fsp3) is 0.368. The molecular formula is C19H21NO5S2. The van der Waals surface area contributed by atoms with Gasteiger partial charge >= 0.3 is 0 Å². The molecule has 27 heavy (non-hydrogen) atoms. The second-order valence-corrected chi connectivity index (χ2v) is 9.59. The lowest BCUT2D eigenvalue weighted by molar-refractivity contribution is 0.174. The minimum Gasteiger partial charge on any atom is -0.497 e. The molecule has 0 saturated carbocycles. The van der Waals surface area contributed by atoms with Crippen LogP contribution in [-0.2, 0) is 10.0 Å². The maximum Gasteiger partial charge on any atom is 0.243 e. The Morgan fingerprint density at radius 1 is 1.11 bits per heavy atom. The molecule has 2 aromatic carbocycles. The summed E-state index contributed by atoms with van der Waals surface area (Å²) in [4.78, 5) is 0.272. The van der Waals surface area contributed by atoms with Gasteiger partial charge in [0.2, 0.25) is 16.8 Å². The van der Waals surface area contributed by atoms with Gasteiger partial charge in [-0.25, -0.2) is 8.42 Å². The van der Waals surface area contributed by atoms with Crippen LogP contribution >= 0.6 is 11.8 Å². The van der Waals surface area contributed by atoms with Gasteiger partial charge in [0.15, 0.2) is 11.5 Å². The van der Waals surface area contributed by atoms with Crippen LogP contribution in [0, 0.1) is 0 Å². The third kappa shape index (κ3) is 3.74. The van der Waals surface area contributed by atoms with Gasteiger partial charge in [-0.15, -0.1) is 0 Å². The third-order valence-corrected chi connectivity index (χ3v) is 7.97. The molecule has 1 atom stereocenters. The minimum atomic E-state index is -3.54. The van der Waals surface area contributed by atoms with Gasteiger partial charge < -0.3 is 14.2 Å². The number of rotatable bonds is 4. The molecule has 0 amide bonds. The fourth-order valence-corrected chi connectivity index (χ4v) is 6.11. The number of nitrogens with zero attached hydrogens (tertiary/aromatic N) is 1. The van der Waals surface area contributed by atoms with Gasteiger partial charge in [0.05, 0.1) is 12.0 Å². The van der Waals surface area contributed by atoms with Crippen LogP contribution in [0.4, 0.5) is 0 Å². The van der Waals surface area contributed by atoms with Gasteiger partial charge in [0.1, 0.15) is 5.75 Å². The molecular weight excluding hydrogens is 386 g/mol. The summed E-state index contributed by atoms with van der Waals surface area (Å²) in [6.45, 7) is 1.22. The second-order valence-electron chi connectivity index (χ2n) is 6.34. The quantitative estimate of drug-likeness (QED) is 0.775. The minimum absolute atomic E-state index is 0.227. The summed E-state index contributed by atoms with van der Waals surface area (Å²) in [6, 6.07) is 12.6. The molecule has 0 radical (unpaired) electrons. The van der Waals surface area contributed by atoms with Crippen molar-refractivity contribution < 1.29 is 22.6 Å². The number of benzene rings is 2. The van der Waals surface area contributed by atoms with E-state index in [1.807, 2.05) is 18.2 Å². The topological polar surface area (TPSA) is 65.1 Å². The van der Waals surface area contributed by atoms with E-state index in [-0.39, 0.29) is 16.9 Å². The zero-order valence-corrected chi connectivity index (χ0v) is 16.6. The van der Waals surface area contributed by atoms with E-state index in [4.69, 9.17) is 14.2 Å². The summed E-state index contributed by atoms with van der Waals surface area (Å²) in [5.74, 6) is 2.80. The van der Waals surface area contributed by atoms with Crippen molar-refractivity contribution in [3.8, 4) is 17.2 Å². The van der Waals surface area contributed by atoms with Crippen LogP contribution in [0.2, 0.25) is 0 Å². The van der Waals surface area contributed by atoms with Gasteiger partial charge in [-0.1, -0.05) is 12.1 Å². The summed E-state index contributed by atoms with van der Waals surface area (Å²) in [5, 5.41) is 0.227. The summed E-state index contributed by atoms with van der Waals surface area (Å²) in [7, 11) is -2.01. The van der Waals surface area contributed by atoms with E-state index < -0.39 is 10.0 Å². The molecule has 2 aromatic rings. The Balaban J connectivity index is 1.51. The van der Waals surface area contributed by atoms with E-state index in [0.29, 0.717) is 18.8 Å². The van der Waals surface area contributed by atoms with E-state index in [9.17, 15) is 8.42 Å². The lowest BCUT2D eigenvalue weighted by Crippen LogP contribution is -2.33. The number of ether oxygens (including phenoxy) is 3. The second kappa shape index (κ2) is 7.61. The van der Waals surface area contributed by atoms with Crippen molar-refractivity contribution in [3.63, 3.8) is 0 Å². The van der Waals surface area contributed by atoms with Gasteiger partial charge in [-0.3, -0.25) is 0 Å². The summed E-state index contributed by atoms with van der Waals surface area (Å²) in [5.41, 5.74) is 1.14. The molecule has 0 aliphatic carbocycles. The first-order chi connectivity index (χ1) is 13.1. The number of hydrogen-bond acceptors (Lipinski definition) is 6. The Labute approximate surface area is 163 Å². The number of sulfonamides is 1. The normalized spacial score (nSPS) is 20.3. The molecule has 2 aliphatic rings. The standard InChI is InChI=1S/C19H21NO5S2/c1-23-15-3-2-4-16(12-15)27(21,22)20-8-7-19(26-10-9-20)14-5-6-17-18(11-14)25-13-24-17/h2-6,11-12,19H,7-10,13H2,1H3. The molecule has 1 unspecified atom stereocenters. The van der Waals surface area contributed by atoms with Crippen molar-refractivity contribution >= 4 is 21.8 Å². The van der Waals surface area contributed by atoms with Crippen molar-refractivity contribution in [2.75, 3.05) is 32.7 Å². The lowest BCUT2D eigenvalue weighted by atomic mass is 10.1. The molecule has 2 aliphatic heterocycles. The van der Waals surface area contributed by atoms with Crippen LogP contribution in [0.3, 0.4) is 0 Å². The van der Waals surface area contributed by atoms with Crippen molar-refractivity contribution in [1.29, 1.82) is 0 Å². The smallest absolute Gasteiger partial charge is 0.243 e. The molecule has 0 aromatic heterocycles. The number of fused-ring (bicyclic) bond motifs is 1. The Kier molecular flexibility index (Phi) is 5.21. The molecule has 4 rings (SSSR count). The molecule has 8 heteroatoms. The highest BCUT2D eigenvalue weighted by molar-refractivity contribution is 7.99. The first-order valence-corrected chi connectivity index (χ1v) is 11.2. The van der Waals surface area contributed by atoms with E-state index in [1.54, 1.807) is 40.3 Å². The van der Waals surface area contributed by atoms with Crippen LogP contribution in [0.15, 0.2) is 47.4 Å². The SMILES string of the molecule is COc1cccc(S(=O)(=O)N2CCSC(c3ccc4c(c3)OCO4)CC2)c1. The Hall–Kier alpha value is -1.90. The van der Waals surface area contributed by atoms with Crippen LogP contribution in [0.1, 0.15) is 17.2 Å². The van der Waals surface area contributed by atoms with Gasteiger partial charge in [-0.2, -0.15) is 16.1 Å². The zero-order valence-electron chi connectivity index (χ0n) is 15.0. The van der Waals surface area contributed by atoms with E-state index >= 15 is 0 Å².